The average Bonchev–Trinajstić information content (AvgIpc) is 2.73. The van der Waals surface area contributed by atoms with E-state index < -0.39 is 0 Å². The van der Waals surface area contributed by atoms with Crippen LogP contribution in [0.3, 0.4) is 0 Å². The lowest BCUT2D eigenvalue weighted by molar-refractivity contribution is 0.0943. The SMILES string of the molecule is CC(=O)c1cccc(NC(=S)NNC(=O)c2ccc(-c3ccccc3)cc2)c1. The summed E-state index contributed by atoms with van der Waals surface area (Å²) in [5.41, 5.74) is 9.09. The molecule has 5 nitrogen and oxygen atoms in total. The number of anilines is 1. The number of rotatable bonds is 4. The second kappa shape index (κ2) is 8.92. The summed E-state index contributed by atoms with van der Waals surface area (Å²) >= 11 is 5.18. The first-order valence-electron chi connectivity index (χ1n) is 8.67. The van der Waals surface area contributed by atoms with E-state index in [1.54, 1.807) is 36.4 Å². The molecule has 0 radical (unpaired) electrons. The van der Waals surface area contributed by atoms with Gasteiger partial charge in [0.25, 0.3) is 5.91 Å². The summed E-state index contributed by atoms with van der Waals surface area (Å²) in [6.45, 7) is 1.50. The fraction of sp³-hybridized carbons (Fsp3) is 0.0455. The molecule has 0 aromatic heterocycles. The Morgan fingerprint density at radius 2 is 1.43 bits per heavy atom. The predicted molar refractivity (Wildman–Crippen MR) is 115 cm³/mol. The van der Waals surface area contributed by atoms with E-state index in [1.807, 2.05) is 42.5 Å². The van der Waals surface area contributed by atoms with Crippen molar-refractivity contribution in [1.29, 1.82) is 0 Å². The Hall–Kier alpha value is -3.51. The van der Waals surface area contributed by atoms with Gasteiger partial charge in [-0.1, -0.05) is 54.6 Å². The van der Waals surface area contributed by atoms with Crippen molar-refractivity contribution in [2.75, 3.05) is 5.32 Å². The lowest BCUT2D eigenvalue weighted by atomic mass is 10.0. The molecule has 3 N–H and O–H groups in total. The number of carbonyl (C=O) groups is 2. The quantitative estimate of drug-likeness (QED) is 0.355. The highest BCUT2D eigenvalue weighted by molar-refractivity contribution is 7.80. The topological polar surface area (TPSA) is 70.2 Å². The van der Waals surface area contributed by atoms with Gasteiger partial charge in [0.2, 0.25) is 0 Å². The number of benzene rings is 3. The minimum absolute atomic E-state index is 0.0326. The van der Waals surface area contributed by atoms with Gasteiger partial charge >= 0.3 is 0 Å². The van der Waals surface area contributed by atoms with Crippen LogP contribution in [0.2, 0.25) is 0 Å². The summed E-state index contributed by atoms with van der Waals surface area (Å²) < 4.78 is 0. The maximum absolute atomic E-state index is 12.3. The van der Waals surface area contributed by atoms with Crippen molar-refractivity contribution >= 4 is 34.7 Å². The lowest BCUT2D eigenvalue weighted by Crippen LogP contribution is -2.43. The highest BCUT2D eigenvalue weighted by atomic mass is 32.1. The number of hydrogen-bond acceptors (Lipinski definition) is 3. The first-order valence-corrected chi connectivity index (χ1v) is 9.07. The number of nitrogens with one attached hydrogen (secondary N) is 3. The molecule has 0 aliphatic rings. The maximum Gasteiger partial charge on any atom is 0.269 e. The molecule has 1 amide bonds. The van der Waals surface area contributed by atoms with Gasteiger partial charge in [-0.15, -0.1) is 0 Å². The zero-order valence-electron chi connectivity index (χ0n) is 15.2. The van der Waals surface area contributed by atoms with Gasteiger partial charge in [-0.2, -0.15) is 0 Å². The molecule has 0 heterocycles. The van der Waals surface area contributed by atoms with Gasteiger partial charge in [-0.05, 0) is 54.5 Å². The van der Waals surface area contributed by atoms with Crippen LogP contribution < -0.4 is 16.2 Å². The molecule has 0 fully saturated rings. The Morgan fingerprint density at radius 3 is 2.11 bits per heavy atom. The van der Waals surface area contributed by atoms with Crippen LogP contribution in [0.5, 0.6) is 0 Å². The second-order valence-electron chi connectivity index (χ2n) is 6.11. The minimum atomic E-state index is -0.304. The molecule has 3 aromatic rings. The van der Waals surface area contributed by atoms with Gasteiger partial charge in [0.05, 0.1) is 0 Å². The summed E-state index contributed by atoms with van der Waals surface area (Å²) in [5, 5.41) is 3.15. The van der Waals surface area contributed by atoms with E-state index in [-0.39, 0.29) is 16.8 Å². The van der Waals surface area contributed by atoms with E-state index in [4.69, 9.17) is 12.2 Å². The molecule has 0 aliphatic heterocycles. The van der Waals surface area contributed by atoms with Crippen LogP contribution in [0.1, 0.15) is 27.6 Å². The van der Waals surface area contributed by atoms with Crippen LogP contribution in [-0.4, -0.2) is 16.8 Å². The first kappa shape index (κ1) is 19.3. The molecule has 0 spiro atoms. The molecule has 28 heavy (non-hydrogen) atoms. The third kappa shape index (κ3) is 5.02. The smallest absolute Gasteiger partial charge is 0.269 e. The molecule has 140 valence electrons. The first-order chi connectivity index (χ1) is 13.5. The van der Waals surface area contributed by atoms with E-state index in [0.29, 0.717) is 16.8 Å². The monoisotopic (exact) mass is 389 g/mol. The number of amides is 1. The Labute approximate surface area is 168 Å². The van der Waals surface area contributed by atoms with Crippen LogP contribution in [0, 0.1) is 0 Å². The summed E-state index contributed by atoms with van der Waals surface area (Å²) in [6, 6.07) is 24.2. The Bertz CT molecular complexity index is 1000. The van der Waals surface area contributed by atoms with Crippen LogP contribution in [0.15, 0.2) is 78.9 Å². The summed E-state index contributed by atoms with van der Waals surface area (Å²) in [4.78, 5) is 23.7. The number of ketones is 1. The van der Waals surface area contributed by atoms with Crippen LogP contribution in [0.25, 0.3) is 11.1 Å². The van der Waals surface area contributed by atoms with Gasteiger partial charge in [0.1, 0.15) is 0 Å². The molecule has 0 aliphatic carbocycles. The van der Waals surface area contributed by atoms with Crippen LogP contribution in [0.4, 0.5) is 5.69 Å². The van der Waals surface area contributed by atoms with E-state index in [2.05, 4.69) is 16.2 Å². The van der Waals surface area contributed by atoms with Crippen molar-refractivity contribution in [3.05, 3.63) is 90.0 Å². The summed E-state index contributed by atoms with van der Waals surface area (Å²) in [5.74, 6) is -0.337. The predicted octanol–water partition coefficient (Wildman–Crippen LogP) is 4.19. The number of thiocarbonyl (C=S) groups is 1. The van der Waals surface area contributed by atoms with E-state index in [0.717, 1.165) is 11.1 Å². The van der Waals surface area contributed by atoms with Crippen molar-refractivity contribution in [3.63, 3.8) is 0 Å². The minimum Gasteiger partial charge on any atom is -0.331 e. The zero-order valence-corrected chi connectivity index (χ0v) is 16.0. The van der Waals surface area contributed by atoms with E-state index >= 15 is 0 Å². The van der Waals surface area contributed by atoms with Gasteiger partial charge in [-0.25, -0.2) is 0 Å². The van der Waals surface area contributed by atoms with Gasteiger partial charge in [-0.3, -0.25) is 20.4 Å². The second-order valence-corrected chi connectivity index (χ2v) is 6.52. The Balaban J connectivity index is 1.55. The third-order valence-corrected chi connectivity index (χ3v) is 4.27. The number of hydrazine groups is 1. The van der Waals surface area contributed by atoms with Crippen molar-refractivity contribution in [2.24, 2.45) is 0 Å². The number of Topliss-reactive ketones (excluding diaryl/α,β-unsaturated/α-hetero) is 1. The average molecular weight is 389 g/mol. The molecule has 0 saturated carbocycles. The van der Waals surface area contributed by atoms with E-state index in [9.17, 15) is 9.59 Å². The molecule has 6 heteroatoms. The normalized spacial score (nSPS) is 10.0. The van der Waals surface area contributed by atoms with Crippen molar-refractivity contribution < 1.29 is 9.59 Å². The molecule has 0 atom stereocenters. The highest BCUT2D eigenvalue weighted by Gasteiger charge is 2.07. The fourth-order valence-electron chi connectivity index (χ4n) is 2.61. The molecule has 0 unspecified atom stereocenters. The Kier molecular flexibility index (Phi) is 6.14. The van der Waals surface area contributed by atoms with Gasteiger partial charge in [0.15, 0.2) is 10.9 Å². The van der Waals surface area contributed by atoms with Crippen molar-refractivity contribution in [2.45, 2.75) is 6.92 Å². The zero-order chi connectivity index (χ0) is 19.9. The standard InChI is InChI=1S/C22H19N3O2S/c1-15(26)19-8-5-9-20(14-19)23-22(28)25-24-21(27)18-12-10-17(11-13-18)16-6-3-2-4-7-16/h2-14H,1H3,(H,24,27)(H2,23,25,28). The molecule has 0 saturated heterocycles. The molecular formula is C22H19N3O2S. The lowest BCUT2D eigenvalue weighted by Gasteiger charge is -2.12. The third-order valence-electron chi connectivity index (χ3n) is 4.07. The molecule has 0 bridgehead atoms. The maximum atomic E-state index is 12.3. The number of carbonyl (C=O) groups excluding carboxylic acids is 2. The molecular weight excluding hydrogens is 370 g/mol. The highest BCUT2D eigenvalue weighted by Crippen LogP contribution is 2.19. The van der Waals surface area contributed by atoms with Gasteiger partial charge in [0, 0.05) is 16.8 Å². The molecule has 3 aromatic carbocycles. The van der Waals surface area contributed by atoms with Crippen molar-refractivity contribution in [3.8, 4) is 11.1 Å². The summed E-state index contributed by atoms with van der Waals surface area (Å²) in [7, 11) is 0. The van der Waals surface area contributed by atoms with Crippen LogP contribution >= 0.6 is 12.2 Å². The fourth-order valence-corrected chi connectivity index (χ4v) is 2.78. The van der Waals surface area contributed by atoms with Gasteiger partial charge < -0.3 is 5.32 Å². The summed E-state index contributed by atoms with van der Waals surface area (Å²) in [6.07, 6.45) is 0. The van der Waals surface area contributed by atoms with E-state index in [1.165, 1.54) is 6.92 Å². The number of hydrogen-bond donors (Lipinski definition) is 3. The van der Waals surface area contributed by atoms with Crippen molar-refractivity contribution in [1.82, 2.24) is 10.9 Å². The molecule has 3 rings (SSSR count). The van der Waals surface area contributed by atoms with Crippen LogP contribution in [-0.2, 0) is 0 Å². The Morgan fingerprint density at radius 1 is 0.750 bits per heavy atom. The largest absolute Gasteiger partial charge is 0.331 e.